The molecular weight excluding hydrogens is 270 g/mol. The van der Waals surface area contributed by atoms with Gasteiger partial charge in [-0.1, -0.05) is 0 Å². The summed E-state index contributed by atoms with van der Waals surface area (Å²) in [5.41, 5.74) is -0.508. The quantitative estimate of drug-likeness (QED) is 0.557. The molecule has 0 amide bonds. The van der Waals surface area contributed by atoms with Gasteiger partial charge in [-0.25, -0.2) is 0 Å². The molecule has 9 nitrogen and oxygen atoms in total. The topological polar surface area (TPSA) is 119 Å². The molecule has 1 rings (SSSR count). The molecule has 0 aromatic heterocycles. The first-order valence-electron chi connectivity index (χ1n) is 5.78. The van der Waals surface area contributed by atoms with Crippen LogP contribution < -0.4 is 4.90 Å². The van der Waals surface area contributed by atoms with Gasteiger partial charge >= 0.3 is 0 Å². The molecule has 110 valence electrons. The molecule has 0 bridgehead atoms. The average Bonchev–Trinajstić information content (AvgIpc) is 2.42. The van der Waals surface area contributed by atoms with Gasteiger partial charge in [0.1, 0.15) is 5.69 Å². The third-order valence-electron chi connectivity index (χ3n) is 2.64. The van der Waals surface area contributed by atoms with Crippen LogP contribution in [-0.4, -0.2) is 48.4 Å². The van der Waals surface area contributed by atoms with Crippen LogP contribution in [-0.2, 0) is 4.74 Å². The summed E-state index contributed by atoms with van der Waals surface area (Å²) in [7, 11) is 1.49. The number of rotatable bonds is 8. The lowest BCUT2D eigenvalue weighted by Gasteiger charge is -2.23. The normalized spacial score (nSPS) is 10.3. The van der Waals surface area contributed by atoms with E-state index in [1.54, 1.807) is 4.90 Å². The molecule has 0 heterocycles. The highest BCUT2D eigenvalue weighted by molar-refractivity contribution is 5.66. The zero-order chi connectivity index (χ0) is 15.1. The van der Waals surface area contributed by atoms with Crippen molar-refractivity contribution in [2.75, 3.05) is 38.3 Å². The van der Waals surface area contributed by atoms with Gasteiger partial charge in [0.2, 0.25) is 0 Å². The number of nitro groups is 2. The smallest absolute Gasteiger partial charge is 0.299 e. The van der Waals surface area contributed by atoms with Crippen LogP contribution in [0.25, 0.3) is 0 Å². The molecule has 0 aliphatic heterocycles. The molecule has 0 aliphatic rings. The van der Waals surface area contributed by atoms with Gasteiger partial charge in [0, 0.05) is 26.3 Å². The zero-order valence-electron chi connectivity index (χ0n) is 10.9. The lowest BCUT2D eigenvalue weighted by Crippen LogP contribution is -2.30. The first-order chi connectivity index (χ1) is 9.51. The van der Waals surface area contributed by atoms with Crippen molar-refractivity contribution in [3.63, 3.8) is 0 Å². The standard InChI is InChI=1S/C11H15N3O6/c1-20-7-5-12(4-6-15)10-3-2-9(13(16)17)8-11(10)14(18)19/h2-3,8,15H,4-7H2,1H3. The van der Waals surface area contributed by atoms with Crippen molar-refractivity contribution in [1.29, 1.82) is 0 Å². The molecular formula is C11H15N3O6. The third-order valence-corrected chi connectivity index (χ3v) is 2.64. The maximum atomic E-state index is 11.0. The Morgan fingerprint density at radius 3 is 2.45 bits per heavy atom. The highest BCUT2D eigenvalue weighted by Gasteiger charge is 2.23. The summed E-state index contributed by atoms with van der Waals surface area (Å²) in [5.74, 6) is 0. The number of hydrogen-bond acceptors (Lipinski definition) is 7. The van der Waals surface area contributed by atoms with Crippen LogP contribution in [0, 0.1) is 20.2 Å². The summed E-state index contributed by atoms with van der Waals surface area (Å²) in [6.45, 7) is 0.615. The van der Waals surface area contributed by atoms with Gasteiger partial charge in [0.05, 0.1) is 29.1 Å². The molecule has 0 spiro atoms. The van der Waals surface area contributed by atoms with Crippen LogP contribution in [0.1, 0.15) is 0 Å². The number of non-ortho nitro benzene ring substituents is 1. The Morgan fingerprint density at radius 2 is 1.95 bits per heavy atom. The van der Waals surface area contributed by atoms with Gasteiger partial charge < -0.3 is 14.7 Å². The third kappa shape index (κ3) is 3.87. The number of ether oxygens (including phenoxy) is 1. The van der Waals surface area contributed by atoms with Crippen molar-refractivity contribution in [2.24, 2.45) is 0 Å². The summed E-state index contributed by atoms with van der Waals surface area (Å²) in [5, 5.41) is 30.7. The van der Waals surface area contributed by atoms with Gasteiger partial charge in [0.15, 0.2) is 0 Å². The number of methoxy groups -OCH3 is 1. The first kappa shape index (κ1) is 15.8. The zero-order valence-corrected chi connectivity index (χ0v) is 10.9. The van der Waals surface area contributed by atoms with Crippen LogP contribution in [0.2, 0.25) is 0 Å². The van der Waals surface area contributed by atoms with Crippen molar-refractivity contribution < 1.29 is 19.7 Å². The van der Waals surface area contributed by atoms with E-state index >= 15 is 0 Å². The molecule has 1 aromatic rings. The van der Waals surface area contributed by atoms with Crippen LogP contribution in [0.15, 0.2) is 18.2 Å². The Labute approximate surface area is 114 Å². The van der Waals surface area contributed by atoms with Gasteiger partial charge in [-0.2, -0.15) is 0 Å². The van der Waals surface area contributed by atoms with E-state index in [1.165, 1.54) is 19.2 Å². The molecule has 0 atom stereocenters. The average molecular weight is 285 g/mol. The van der Waals surface area contributed by atoms with Gasteiger partial charge in [-0.05, 0) is 6.07 Å². The van der Waals surface area contributed by atoms with Gasteiger partial charge in [-0.3, -0.25) is 20.2 Å². The molecule has 1 aromatic carbocycles. The molecule has 0 saturated heterocycles. The lowest BCUT2D eigenvalue weighted by molar-refractivity contribution is -0.393. The number of nitro benzene ring substituents is 2. The predicted octanol–water partition coefficient (Wildman–Crippen LogP) is 0.948. The van der Waals surface area contributed by atoms with Crippen molar-refractivity contribution in [3.05, 3.63) is 38.4 Å². The largest absolute Gasteiger partial charge is 0.395 e. The van der Waals surface area contributed by atoms with E-state index in [9.17, 15) is 20.2 Å². The molecule has 9 heteroatoms. The van der Waals surface area contributed by atoms with E-state index in [0.717, 1.165) is 6.07 Å². The number of hydrogen-bond donors (Lipinski definition) is 1. The van der Waals surface area contributed by atoms with E-state index in [1.807, 2.05) is 0 Å². The summed E-state index contributed by atoms with van der Waals surface area (Å²) in [4.78, 5) is 21.9. The molecule has 0 unspecified atom stereocenters. The minimum absolute atomic E-state index is 0.169. The van der Waals surface area contributed by atoms with Crippen molar-refractivity contribution in [2.45, 2.75) is 0 Å². The molecule has 0 fully saturated rings. The Morgan fingerprint density at radius 1 is 1.25 bits per heavy atom. The van der Waals surface area contributed by atoms with Crippen LogP contribution in [0.5, 0.6) is 0 Å². The Hall–Kier alpha value is -2.26. The highest BCUT2D eigenvalue weighted by Crippen LogP contribution is 2.31. The monoisotopic (exact) mass is 285 g/mol. The SMILES string of the molecule is COCCN(CCO)c1ccc([N+](=O)[O-])cc1[N+](=O)[O-]. The molecule has 20 heavy (non-hydrogen) atoms. The minimum atomic E-state index is -0.692. The maximum Gasteiger partial charge on any atom is 0.299 e. The van der Waals surface area contributed by atoms with Gasteiger partial charge in [-0.15, -0.1) is 0 Å². The predicted molar refractivity (Wildman–Crippen MR) is 70.9 cm³/mol. The second-order valence-corrected chi connectivity index (χ2v) is 3.89. The van der Waals surface area contributed by atoms with Crippen molar-refractivity contribution >= 4 is 17.1 Å². The van der Waals surface area contributed by atoms with E-state index in [2.05, 4.69) is 0 Å². The summed E-state index contributed by atoms with van der Waals surface area (Å²) < 4.78 is 4.90. The number of aliphatic hydroxyl groups excluding tert-OH is 1. The number of nitrogens with zero attached hydrogens (tertiary/aromatic N) is 3. The second kappa shape index (κ2) is 7.36. The minimum Gasteiger partial charge on any atom is -0.395 e. The summed E-state index contributed by atoms with van der Waals surface area (Å²) in [6.07, 6.45) is 0. The van der Waals surface area contributed by atoms with Crippen LogP contribution in [0.3, 0.4) is 0 Å². The summed E-state index contributed by atoms with van der Waals surface area (Å²) >= 11 is 0. The lowest BCUT2D eigenvalue weighted by atomic mass is 10.2. The van der Waals surface area contributed by atoms with Crippen molar-refractivity contribution in [1.82, 2.24) is 0 Å². The van der Waals surface area contributed by atoms with E-state index in [0.29, 0.717) is 13.2 Å². The maximum absolute atomic E-state index is 11.0. The second-order valence-electron chi connectivity index (χ2n) is 3.89. The Kier molecular flexibility index (Phi) is 5.81. The summed E-state index contributed by atoms with van der Waals surface area (Å²) in [6, 6.07) is 3.41. The molecule has 0 aliphatic carbocycles. The number of aliphatic hydroxyl groups is 1. The molecule has 0 radical (unpaired) electrons. The fourth-order valence-corrected chi connectivity index (χ4v) is 1.71. The number of benzene rings is 1. The van der Waals surface area contributed by atoms with E-state index in [4.69, 9.17) is 9.84 Å². The number of anilines is 1. The first-order valence-corrected chi connectivity index (χ1v) is 5.78. The highest BCUT2D eigenvalue weighted by atomic mass is 16.6. The van der Waals surface area contributed by atoms with E-state index in [-0.39, 0.29) is 30.2 Å². The molecule has 0 saturated carbocycles. The molecule has 1 N–H and O–H groups in total. The van der Waals surface area contributed by atoms with Crippen LogP contribution >= 0.6 is 0 Å². The van der Waals surface area contributed by atoms with Gasteiger partial charge in [0.25, 0.3) is 11.4 Å². The Balaban J connectivity index is 3.18. The van der Waals surface area contributed by atoms with Crippen LogP contribution in [0.4, 0.5) is 17.1 Å². The van der Waals surface area contributed by atoms with E-state index < -0.39 is 9.85 Å². The fourth-order valence-electron chi connectivity index (χ4n) is 1.71. The van der Waals surface area contributed by atoms with Crippen molar-refractivity contribution in [3.8, 4) is 0 Å². The fraction of sp³-hybridized carbons (Fsp3) is 0.455. The Bertz CT molecular complexity index is 493.